The minimum Gasteiger partial charge on any atom is -0.415 e. The van der Waals surface area contributed by atoms with Crippen LogP contribution in [0.1, 0.15) is 30.8 Å². The van der Waals surface area contributed by atoms with Crippen molar-refractivity contribution in [1.29, 1.82) is 5.26 Å². The summed E-state index contributed by atoms with van der Waals surface area (Å²) in [5, 5.41) is 16.4. The summed E-state index contributed by atoms with van der Waals surface area (Å²) in [6, 6.07) is 4.30. The lowest BCUT2D eigenvalue weighted by molar-refractivity contribution is -0.134. The van der Waals surface area contributed by atoms with Crippen LogP contribution in [0.4, 0.5) is 8.78 Å². The number of halogens is 2. The molecule has 1 atom stereocenters. The maximum Gasteiger partial charge on any atom is 0.388 e. The van der Waals surface area contributed by atoms with Crippen LogP contribution in [-0.2, 0) is 9.53 Å². The lowest BCUT2D eigenvalue weighted by Gasteiger charge is -2.46. The summed E-state index contributed by atoms with van der Waals surface area (Å²) >= 11 is 0. The van der Waals surface area contributed by atoms with Crippen LogP contribution in [0.15, 0.2) is 23.8 Å². The number of ketones is 1. The lowest BCUT2D eigenvalue weighted by Crippen LogP contribution is -2.57. The molecule has 0 N–H and O–H groups in total. The Balaban J connectivity index is 1.81. The number of nitrogens with zero attached hydrogens (tertiary/aromatic N) is 4. The predicted octanol–water partition coefficient (Wildman–Crippen LogP) is 1.74. The number of amides is 1. The van der Waals surface area contributed by atoms with E-state index in [1.165, 1.54) is 17.0 Å². The minimum absolute atomic E-state index is 0.0128. The van der Waals surface area contributed by atoms with Crippen LogP contribution in [0.25, 0.3) is 0 Å². The van der Waals surface area contributed by atoms with Crippen molar-refractivity contribution in [3.8, 4) is 11.9 Å². The standard InChI is InChI=1S/C18H18F2N4O4/c1-17(2)9-18(7-11(8-21)14(17)25)10-24(5-6-27-18)15(26)12-3-4-13(23-22-12)28-16(19)20/h3-4,7,16H,5-6,9-10H2,1-2H3. The van der Waals surface area contributed by atoms with Crippen LogP contribution < -0.4 is 4.74 Å². The van der Waals surface area contributed by atoms with Gasteiger partial charge in [0.25, 0.3) is 5.91 Å². The predicted molar refractivity (Wildman–Crippen MR) is 90.4 cm³/mol. The Hall–Kier alpha value is -2.93. The molecule has 1 aliphatic heterocycles. The van der Waals surface area contributed by atoms with Gasteiger partial charge in [0.05, 0.1) is 18.7 Å². The third-order valence-electron chi connectivity index (χ3n) is 4.69. The second-order valence-electron chi connectivity index (χ2n) is 7.33. The Morgan fingerprint density at radius 3 is 2.75 bits per heavy atom. The summed E-state index contributed by atoms with van der Waals surface area (Å²) in [6.07, 6.45) is 1.81. The quantitative estimate of drug-likeness (QED) is 0.771. The highest BCUT2D eigenvalue weighted by molar-refractivity contribution is 6.04. The summed E-state index contributed by atoms with van der Waals surface area (Å²) in [5.41, 5.74) is -1.78. The van der Waals surface area contributed by atoms with E-state index in [2.05, 4.69) is 14.9 Å². The zero-order chi connectivity index (χ0) is 20.5. The Bertz CT molecular complexity index is 863. The smallest absolute Gasteiger partial charge is 0.388 e. The number of morpholine rings is 1. The minimum atomic E-state index is -3.03. The fraction of sp³-hybridized carbons (Fsp3) is 0.500. The molecule has 1 saturated heterocycles. The summed E-state index contributed by atoms with van der Waals surface area (Å²) in [4.78, 5) is 26.6. The van der Waals surface area contributed by atoms with E-state index in [9.17, 15) is 23.6 Å². The second kappa shape index (κ2) is 7.24. The van der Waals surface area contributed by atoms with E-state index in [1.54, 1.807) is 13.8 Å². The van der Waals surface area contributed by atoms with Gasteiger partial charge < -0.3 is 14.4 Å². The Morgan fingerprint density at radius 2 is 2.14 bits per heavy atom. The van der Waals surface area contributed by atoms with Gasteiger partial charge in [-0.2, -0.15) is 14.0 Å². The SMILES string of the molecule is CC1(C)CC2(C=C(C#N)C1=O)CN(C(=O)c1ccc(OC(F)F)nn1)CCO2. The van der Waals surface area contributed by atoms with Crippen LogP contribution in [-0.4, -0.2) is 58.7 Å². The van der Waals surface area contributed by atoms with Crippen molar-refractivity contribution in [2.45, 2.75) is 32.5 Å². The van der Waals surface area contributed by atoms with E-state index in [-0.39, 0.29) is 42.6 Å². The molecule has 28 heavy (non-hydrogen) atoms. The third kappa shape index (κ3) is 3.84. The Kier molecular flexibility index (Phi) is 5.12. The molecule has 3 rings (SSSR count). The average Bonchev–Trinajstić information content (AvgIpc) is 2.64. The van der Waals surface area contributed by atoms with Crippen LogP contribution >= 0.6 is 0 Å². The molecule has 1 aromatic heterocycles. The van der Waals surface area contributed by atoms with Crippen molar-refractivity contribution in [2.24, 2.45) is 5.41 Å². The van der Waals surface area contributed by atoms with Gasteiger partial charge in [0.15, 0.2) is 11.5 Å². The summed E-state index contributed by atoms with van der Waals surface area (Å²) in [6.45, 7) is 1.06. The molecule has 8 nitrogen and oxygen atoms in total. The molecule has 1 amide bonds. The number of carbonyl (C=O) groups is 2. The van der Waals surface area contributed by atoms with Crippen LogP contribution in [0.3, 0.4) is 0 Å². The van der Waals surface area contributed by atoms with Crippen molar-refractivity contribution in [3.63, 3.8) is 0 Å². The van der Waals surface area contributed by atoms with Gasteiger partial charge in [-0.25, -0.2) is 0 Å². The highest BCUT2D eigenvalue weighted by Crippen LogP contribution is 2.41. The molecule has 148 valence electrons. The molecule has 0 bridgehead atoms. The first kappa shape index (κ1) is 19.8. The normalized spacial score (nSPS) is 24.1. The lowest BCUT2D eigenvalue weighted by atomic mass is 9.69. The van der Waals surface area contributed by atoms with Gasteiger partial charge in [-0.1, -0.05) is 13.8 Å². The molecule has 1 aromatic rings. The van der Waals surface area contributed by atoms with E-state index in [0.29, 0.717) is 6.42 Å². The van der Waals surface area contributed by atoms with Crippen LogP contribution in [0, 0.1) is 16.7 Å². The largest absolute Gasteiger partial charge is 0.415 e. The number of ether oxygens (including phenoxy) is 2. The molecular formula is C18H18F2N4O4. The number of Topliss-reactive ketones (excluding diaryl/α,β-unsaturated/α-hetero) is 1. The van der Waals surface area contributed by atoms with Gasteiger partial charge in [-0.3, -0.25) is 9.59 Å². The topological polar surface area (TPSA) is 105 Å². The first-order valence-electron chi connectivity index (χ1n) is 8.55. The summed E-state index contributed by atoms with van der Waals surface area (Å²) in [5.74, 6) is -1.10. The van der Waals surface area contributed by atoms with E-state index >= 15 is 0 Å². The van der Waals surface area contributed by atoms with Crippen molar-refractivity contribution in [3.05, 3.63) is 29.5 Å². The maximum atomic E-state index is 12.8. The highest BCUT2D eigenvalue weighted by Gasteiger charge is 2.48. The molecule has 1 unspecified atom stereocenters. The number of nitriles is 1. The number of aromatic nitrogens is 2. The fourth-order valence-electron chi connectivity index (χ4n) is 3.58. The summed E-state index contributed by atoms with van der Waals surface area (Å²) < 4.78 is 34.4. The van der Waals surface area contributed by atoms with Gasteiger partial charge in [0.1, 0.15) is 11.7 Å². The van der Waals surface area contributed by atoms with E-state index in [1.807, 2.05) is 6.07 Å². The molecule has 0 aromatic carbocycles. The molecule has 0 radical (unpaired) electrons. The number of alkyl halides is 2. The van der Waals surface area contributed by atoms with Crippen LogP contribution in [0.5, 0.6) is 5.88 Å². The Morgan fingerprint density at radius 1 is 1.39 bits per heavy atom. The molecule has 1 spiro atoms. The van der Waals surface area contributed by atoms with Crippen molar-refractivity contribution < 1.29 is 27.8 Å². The Labute approximate surface area is 159 Å². The fourth-order valence-corrected chi connectivity index (χ4v) is 3.58. The molecule has 2 aliphatic rings. The monoisotopic (exact) mass is 392 g/mol. The zero-order valence-electron chi connectivity index (χ0n) is 15.3. The molecule has 2 heterocycles. The first-order valence-corrected chi connectivity index (χ1v) is 8.55. The van der Waals surface area contributed by atoms with Gasteiger partial charge in [-0.05, 0) is 18.6 Å². The van der Waals surface area contributed by atoms with Crippen molar-refractivity contribution >= 4 is 11.7 Å². The molecular weight excluding hydrogens is 374 g/mol. The van der Waals surface area contributed by atoms with Gasteiger partial charge in [0.2, 0.25) is 5.88 Å². The molecule has 1 aliphatic carbocycles. The second-order valence-corrected chi connectivity index (χ2v) is 7.33. The number of carbonyl (C=O) groups excluding carboxylic acids is 2. The molecule has 0 saturated carbocycles. The van der Waals surface area contributed by atoms with Crippen LogP contribution in [0.2, 0.25) is 0 Å². The van der Waals surface area contributed by atoms with Gasteiger partial charge in [-0.15, -0.1) is 10.2 Å². The zero-order valence-corrected chi connectivity index (χ0v) is 15.3. The van der Waals surface area contributed by atoms with E-state index < -0.39 is 23.5 Å². The van der Waals surface area contributed by atoms with E-state index in [4.69, 9.17) is 4.74 Å². The number of rotatable bonds is 3. The van der Waals surface area contributed by atoms with Gasteiger partial charge in [0, 0.05) is 18.0 Å². The average molecular weight is 392 g/mol. The number of allylic oxidation sites excluding steroid dienone is 1. The highest BCUT2D eigenvalue weighted by atomic mass is 19.3. The first-order chi connectivity index (χ1) is 13.2. The maximum absolute atomic E-state index is 12.8. The molecule has 1 fully saturated rings. The van der Waals surface area contributed by atoms with Crippen molar-refractivity contribution in [1.82, 2.24) is 15.1 Å². The van der Waals surface area contributed by atoms with Crippen molar-refractivity contribution in [2.75, 3.05) is 19.7 Å². The number of hydrogen-bond donors (Lipinski definition) is 0. The summed E-state index contributed by atoms with van der Waals surface area (Å²) in [7, 11) is 0. The van der Waals surface area contributed by atoms with E-state index in [0.717, 1.165) is 6.07 Å². The van der Waals surface area contributed by atoms with Gasteiger partial charge >= 0.3 is 6.61 Å². The molecule has 10 heteroatoms. The number of hydrogen-bond acceptors (Lipinski definition) is 7. The third-order valence-corrected chi connectivity index (χ3v) is 4.69.